The second kappa shape index (κ2) is 18.2. The van der Waals surface area contributed by atoms with Gasteiger partial charge in [-0.1, -0.05) is 20.8 Å². The first kappa shape index (κ1) is 27.5. The van der Waals surface area contributed by atoms with Crippen molar-refractivity contribution in [3.63, 3.8) is 0 Å². The summed E-state index contributed by atoms with van der Waals surface area (Å²) >= 11 is 1.62. The van der Waals surface area contributed by atoms with Crippen molar-refractivity contribution in [3.05, 3.63) is 0 Å². The van der Waals surface area contributed by atoms with Crippen molar-refractivity contribution >= 4 is 40.4 Å². The van der Waals surface area contributed by atoms with Crippen LogP contribution in [0.4, 0.5) is 0 Å². The molecule has 0 saturated carbocycles. The number of aliphatic carboxylic acids is 3. The van der Waals surface area contributed by atoms with E-state index in [-0.39, 0.29) is 19.3 Å². The normalized spacial score (nSPS) is 8.60. The summed E-state index contributed by atoms with van der Waals surface area (Å²) in [7, 11) is 0. The maximum absolute atomic E-state index is 9.26. The monoisotopic (exact) mass is 396 g/mol. The summed E-state index contributed by atoms with van der Waals surface area (Å²) in [5, 5.41) is 27.8. The number of carbonyl (C=O) groups excluding carboxylic acids is 3. The average Bonchev–Trinajstić information content (AvgIpc) is 2.28. The molecule has 0 radical (unpaired) electrons. The summed E-state index contributed by atoms with van der Waals surface area (Å²) in [6.45, 7) is 11.3. The van der Waals surface area contributed by atoms with Crippen LogP contribution in [0.2, 0.25) is 3.43 Å². The zero-order valence-electron chi connectivity index (χ0n) is 13.1. The van der Waals surface area contributed by atoms with E-state index in [1.54, 1.807) is 22.5 Å². The number of carboxylic acid groups (broad SMARTS) is 3. The van der Waals surface area contributed by atoms with Gasteiger partial charge in [0.25, 0.3) is 0 Å². The molecular weight excluding hydrogens is 371 g/mol. The van der Waals surface area contributed by atoms with Gasteiger partial charge in [-0.3, -0.25) is 0 Å². The third-order valence-electron chi connectivity index (χ3n) is 0.866. The molecule has 0 saturated heterocycles. The fourth-order valence-electron chi connectivity index (χ4n) is 0. The summed E-state index contributed by atoms with van der Waals surface area (Å²) in [5.74, 6) is -2.99. The van der Waals surface area contributed by atoms with E-state index in [0.717, 1.165) is 0 Å². The molecule has 0 aromatic carbocycles. The van der Waals surface area contributed by atoms with E-state index in [9.17, 15) is 29.7 Å². The molecule has 6 nitrogen and oxygen atoms in total. The van der Waals surface area contributed by atoms with E-state index in [0.29, 0.717) is 3.43 Å². The molecule has 0 aliphatic rings. The van der Waals surface area contributed by atoms with Crippen molar-refractivity contribution in [3.8, 4) is 0 Å². The van der Waals surface area contributed by atoms with Gasteiger partial charge in [0.2, 0.25) is 0 Å². The van der Waals surface area contributed by atoms with Gasteiger partial charge in [0.1, 0.15) is 0 Å². The Morgan fingerprint density at radius 1 is 0.750 bits per heavy atom. The van der Waals surface area contributed by atoms with Crippen LogP contribution in [0.25, 0.3) is 0 Å². The van der Waals surface area contributed by atoms with Crippen molar-refractivity contribution in [2.75, 3.05) is 0 Å². The second-order valence-electron chi connectivity index (χ2n) is 4.43. The van der Waals surface area contributed by atoms with Gasteiger partial charge < -0.3 is 29.7 Å². The van der Waals surface area contributed by atoms with Crippen molar-refractivity contribution < 1.29 is 29.7 Å². The van der Waals surface area contributed by atoms with Crippen molar-refractivity contribution in [2.24, 2.45) is 0 Å². The minimum absolute atomic E-state index is 0.111. The Morgan fingerprint density at radius 3 is 0.800 bits per heavy atom. The molecule has 0 aliphatic heterocycles. The van der Waals surface area contributed by atoms with Crippen LogP contribution in [-0.2, 0) is 14.4 Å². The van der Waals surface area contributed by atoms with Gasteiger partial charge >= 0.3 is 46.7 Å². The molecule has 0 aromatic rings. The molecule has 0 aliphatic carbocycles. The summed E-state index contributed by atoms with van der Waals surface area (Å²) < 4.78 is 0.590. The molecule has 0 N–H and O–H groups in total. The molecule has 0 fully saturated rings. The van der Waals surface area contributed by atoms with Crippen molar-refractivity contribution in [1.82, 2.24) is 0 Å². The van der Waals surface area contributed by atoms with Crippen LogP contribution < -0.4 is 15.3 Å². The van der Waals surface area contributed by atoms with Crippen LogP contribution in [0, 0.1) is 0 Å². The van der Waals surface area contributed by atoms with Gasteiger partial charge in [-0.05, 0) is 19.3 Å². The van der Waals surface area contributed by atoms with Crippen LogP contribution >= 0.6 is 0 Å². The molecule has 20 heavy (non-hydrogen) atoms. The van der Waals surface area contributed by atoms with E-state index in [1.807, 2.05) is 0 Å². The third-order valence-corrected chi connectivity index (χ3v) is 0.866. The summed E-state index contributed by atoms with van der Waals surface area (Å²) in [6.07, 6.45) is 0.333. The number of carbonyl (C=O) groups is 3. The SMILES string of the molecule is CCC(=O)[O-].CCC(=O)[O-].CCC(=O)[O-].C[C](C)(C)[Sn+3]. The summed E-state index contributed by atoms with van der Waals surface area (Å²) in [5.41, 5.74) is 0. The predicted octanol–water partition coefficient (Wildman–Crippen LogP) is -1.19. The van der Waals surface area contributed by atoms with Gasteiger partial charge in [-0.15, -0.1) is 0 Å². The molecule has 7 heteroatoms. The molecular formula is C13H24O6Sn. The number of carboxylic acids is 3. The topological polar surface area (TPSA) is 120 Å². The average molecular weight is 395 g/mol. The first-order chi connectivity index (χ1) is 8.81. The van der Waals surface area contributed by atoms with Crippen LogP contribution in [-0.4, -0.2) is 40.4 Å². The first-order valence-electron chi connectivity index (χ1n) is 6.16. The van der Waals surface area contributed by atoms with Crippen molar-refractivity contribution in [1.29, 1.82) is 0 Å². The number of rotatable bonds is 3. The van der Waals surface area contributed by atoms with Crippen LogP contribution in [0.1, 0.15) is 60.8 Å². The van der Waals surface area contributed by atoms with Gasteiger partial charge in [0.05, 0.1) is 0 Å². The quantitative estimate of drug-likeness (QED) is 0.555. The molecule has 0 bridgehead atoms. The van der Waals surface area contributed by atoms with Crippen LogP contribution in [0.3, 0.4) is 0 Å². The Labute approximate surface area is 134 Å². The summed E-state index contributed by atoms with van der Waals surface area (Å²) in [4.78, 5) is 27.8. The Morgan fingerprint density at radius 2 is 0.800 bits per heavy atom. The van der Waals surface area contributed by atoms with Gasteiger partial charge in [-0.25, -0.2) is 0 Å². The summed E-state index contributed by atoms with van der Waals surface area (Å²) in [6, 6.07) is 0. The molecule has 0 amide bonds. The third kappa shape index (κ3) is 167. The second-order valence-corrected chi connectivity index (χ2v) is 8.71. The number of hydrogen-bond acceptors (Lipinski definition) is 6. The Balaban J connectivity index is -0.0000000853. The van der Waals surface area contributed by atoms with Crippen LogP contribution in [0.15, 0.2) is 0 Å². The molecule has 0 rings (SSSR count). The van der Waals surface area contributed by atoms with E-state index in [1.165, 1.54) is 20.8 Å². The maximum atomic E-state index is 9.26. The molecule has 0 unspecified atom stereocenters. The van der Waals surface area contributed by atoms with E-state index < -0.39 is 17.9 Å². The van der Waals surface area contributed by atoms with Gasteiger partial charge in [0, 0.05) is 17.9 Å². The standard InChI is InChI=1S/C4H9.3C3H6O2.Sn/c1-4(2)3;3*1-2-3(4)5;/h1-3H3;3*2H2,1H3,(H,4,5);/q;;;;+3/p-3. The Bertz CT molecular complexity index is 219. The zero-order valence-corrected chi connectivity index (χ0v) is 15.9. The van der Waals surface area contributed by atoms with E-state index >= 15 is 0 Å². The van der Waals surface area contributed by atoms with Gasteiger partial charge in [-0.2, -0.15) is 0 Å². The predicted molar refractivity (Wildman–Crippen MR) is 71.4 cm³/mol. The van der Waals surface area contributed by atoms with Crippen LogP contribution in [0.5, 0.6) is 0 Å². The minimum atomic E-state index is -0.995. The molecule has 0 aromatic heterocycles. The molecule has 0 atom stereocenters. The Kier molecular flexibility index (Phi) is 25.1. The van der Waals surface area contributed by atoms with E-state index in [4.69, 9.17) is 0 Å². The number of hydrogen-bond donors (Lipinski definition) is 0. The van der Waals surface area contributed by atoms with E-state index in [2.05, 4.69) is 20.8 Å². The zero-order chi connectivity index (χ0) is 17.4. The van der Waals surface area contributed by atoms with Crippen molar-refractivity contribution in [2.45, 2.75) is 64.2 Å². The van der Waals surface area contributed by atoms with Gasteiger partial charge in [0.15, 0.2) is 0 Å². The molecule has 0 spiro atoms. The molecule has 116 valence electrons. The fraction of sp³-hybridized carbons (Fsp3) is 0.769. The Hall–Kier alpha value is -0.791. The first-order valence-corrected chi connectivity index (χ1v) is 7.58. The fourth-order valence-corrected chi connectivity index (χ4v) is 0. The molecule has 0 heterocycles.